The minimum atomic E-state index is -0.126. The van der Waals surface area contributed by atoms with Crippen LogP contribution in [0.4, 0.5) is 5.69 Å². The number of amides is 1. The monoisotopic (exact) mass is 409 g/mol. The van der Waals surface area contributed by atoms with Crippen LogP contribution in [0.5, 0.6) is 0 Å². The molecular weight excluding hydrogens is 378 g/mol. The van der Waals surface area contributed by atoms with Gasteiger partial charge in [-0.15, -0.1) is 0 Å². The van der Waals surface area contributed by atoms with Crippen molar-refractivity contribution < 1.29 is 9.53 Å². The molecule has 1 aromatic heterocycles. The Morgan fingerprint density at radius 1 is 1.00 bits per heavy atom. The second-order valence-electron chi connectivity index (χ2n) is 7.96. The van der Waals surface area contributed by atoms with E-state index in [-0.39, 0.29) is 5.91 Å². The highest BCUT2D eigenvalue weighted by molar-refractivity contribution is 5.92. The van der Waals surface area contributed by atoms with E-state index in [1.165, 1.54) is 5.69 Å². The number of carbonyl (C=O) groups excluding carboxylic acids is 1. The summed E-state index contributed by atoms with van der Waals surface area (Å²) in [5, 5.41) is 2.99. The van der Waals surface area contributed by atoms with Gasteiger partial charge in [-0.05, 0) is 31.3 Å². The van der Waals surface area contributed by atoms with Crippen molar-refractivity contribution in [2.75, 3.05) is 77.5 Å². The number of ether oxygens (including phenoxy) is 1. The first-order valence-electron chi connectivity index (χ1n) is 10.8. The number of nitrogens with one attached hydrogen (secondary N) is 1. The van der Waals surface area contributed by atoms with Gasteiger partial charge in [-0.1, -0.05) is 18.2 Å². The van der Waals surface area contributed by atoms with Crippen molar-refractivity contribution in [3.63, 3.8) is 0 Å². The van der Waals surface area contributed by atoms with E-state index in [2.05, 4.69) is 56.3 Å². The van der Waals surface area contributed by atoms with Crippen LogP contribution in [0.3, 0.4) is 0 Å². The summed E-state index contributed by atoms with van der Waals surface area (Å²) in [5.74, 6) is -0.126. The molecule has 2 fully saturated rings. The van der Waals surface area contributed by atoms with Gasteiger partial charge in [0.25, 0.3) is 5.91 Å². The molecule has 2 aliphatic rings. The molecule has 2 aliphatic heterocycles. The van der Waals surface area contributed by atoms with E-state index in [1.807, 2.05) is 12.1 Å². The third-order valence-electron chi connectivity index (χ3n) is 5.83. The summed E-state index contributed by atoms with van der Waals surface area (Å²) in [6, 6.07) is 14.1. The van der Waals surface area contributed by atoms with Crippen LogP contribution in [0.15, 0.2) is 42.5 Å². The molecule has 160 valence electrons. The lowest BCUT2D eigenvalue weighted by atomic mass is 10.1. The van der Waals surface area contributed by atoms with E-state index < -0.39 is 0 Å². The Bertz CT molecular complexity index is 828. The summed E-state index contributed by atoms with van der Waals surface area (Å²) >= 11 is 0. The van der Waals surface area contributed by atoms with Gasteiger partial charge in [0.2, 0.25) is 0 Å². The lowest BCUT2D eigenvalue weighted by Gasteiger charge is -2.34. The topological polar surface area (TPSA) is 60.9 Å². The fraction of sp³-hybridized carbons (Fsp3) is 0.478. The molecule has 7 nitrogen and oxygen atoms in total. The molecule has 0 bridgehead atoms. The number of hydrogen-bond acceptors (Lipinski definition) is 6. The number of pyridine rings is 1. The zero-order valence-electron chi connectivity index (χ0n) is 17.7. The SMILES string of the molecule is CN1CCN(c2ccc(-c3cccc(C(=O)NCCN4CCOCC4)n3)cc2)CC1. The molecule has 0 atom stereocenters. The molecule has 0 radical (unpaired) electrons. The van der Waals surface area contributed by atoms with Gasteiger partial charge < -0.3 is 19.9 Å². The predicted molar refractivity (Wildman–Crippen MR) is 119 cm³/mol. The summed E-state index contributed by atoms with van der Waals surface area (Å²) in [6.45, 7) is 9.12. The summed E-state index contributed by atoms with van der Waals surface area (Å²) in [4.78, 5) is 24.2. The van der Waals surface area contributed by atoms with Crippen molar-refractivity contribution in [3.05, 3.63) is 48.2 Å². The predicted octanol–water partition coefficient (Wildman–Crippen LogP) is 1.56. The van der Waals surface area contributed by atoms with Gasteiger partial charge in [-0.2, -0.15) is 0 Å². The summed E-state index contributed by atoms with van der Waals surface area (Å²) in [5.41, 5.74) is 3.54. The smallest absolute Gasteiger partial charge is 0.269 e. The average Bonchev–Trinajstić information content (AvgIpc) is 2.80. The molecule has 2 aromatic rings. The molecule has 0 unspecified atom stereocenters. The number of carbonyl (C=O) groups is 1. The highest BCUT2D eigenvalue weighted by Gasteiger charge is 2.15. The maximum atomic E-state index is 12.5. The van der Waals surface area contributed by atoms with Crippen LogP contribution in [0.2, 0.25) is 0 Å². The van der Waals surface area contributed by atoms with E-state index in [9.17, 15) is 4.79 Å². The van der Waals surface area contributed by atoms with Gasteiger partial charge in [0.05, 0.1) is 18.9 Å². The first-order valence-corrected chi connectivity index (χ1v) is 10.8. The average molecular weight is 410 g/mol. The summed E-state index contributed by atoms with van der Waals surface area (Å²) in [6.07, 6.45) is 0. The van der Waals surface area contributed by atoms with Crippen LogP contribution in [-0.2, 0) is 4.74 Å². The van der Waals surface area contributed by atoms with Crippen LogP contribution in [-0.4, -0.2) is 93.3 Å². The molecule has 0 spiro atoms. The minimum Gasteiger partial charge on any atom is -0.379 e. The van der Waals surface area contributed by atoms with Crippen LogP contribution in [0.25, 0.3) is 11.3 Å². The van der Waals surface area contributed by atoms with E-state index in [0.717, 1.165) is 70.3 Å². The van der Waals surface area contributed by atoms with Crippen molar-refractivity contribution in [2.45, 2.75) is 0 Å². The second kappa shape index (κ2) is 10.0. The molecular formula is C23H31N5O2. The second-order valence-corrected chi connectivity index (χ2v) is 7.96. The quantitative estimate of drug-likeness (QED) is 0.782. The Hall–Kier alpha value is -2.48. The van der Waals surface area contributed by atoms with Gasteiger partial charge in [0.15, 0.2) is 0 Å². The number of rotatable bonds is 6. The molecule has 1 amide bonds. The lowest BCUT2D eigenvalue weighted by Crippen LogP contribution is -2.44. The molecule has 30 heavy (non-hydrogen) atoms. The third kappa shape index (κ3) is 5.36. The van der Waals surface area contributed by atoms with E-state index in [4.69, 9.17) is 4.74 Å². The van der Waals surface area contributed by atoms with Gasteiger partial charge in [-0.25, -0.2) is 4.98 Å². The van der Waals surface area contributed by atoms with Crippen molar-refractivity contribution in [1.29, 1.82) is 0 Å². The fourth-order valence-corrected chi connectivity index (χ4v) is 3.87. The standard InChI is InChI=1S/C23H31N5O2/c1-26-11-13-28(14-12-26)20-7-5-19(6-8-20)21-3-2-4-22(25-21)23(29)24-9-10-27-15-17-30-18-16-27/h2-8H,9-18H2,1H3,(H,24,29). The van der Waals surface area contributed by atoms with E-state index >= 15 is 0 Å². The minimum absolute atomic E-state index is 0.126. The van der Waals surface area contributed by atoms with Crippen LogP contribution in [0.1, 0.15) is 10.5 Å². The number of likely N-dealkylation sites (N-methyl/N-ethyl adjacent to an activating group) is 1. The summed E-state index contributed by atoms with van der Waals surface area (Å²) < 4.78 is 5.35. The first kappa shape index (κ1) is 20.8. The van der Waals surface area contributed by atoms with Gasteiger partial charge >= 0.3 is 0 Å². The van der Waals surface area contributed by atoms with Gasteiger partial charge in [0, 0.05) is 63.6 Å². The molecule has 3 heterocycles. The number of hydrogen-bond donors (Lipinski definition) is 1. The molecule has 7 heteroatoms. The Labute approximate surface area is 178 Å². The highest BCUT2D eigenvalue weighted by atomic mass is 16.5. The Morgan fingerprint density at radius 2 is 1.73 bits per heavy atom. The van der Waals surface area contributed by atoms with Gasteiger partial charge in [0.1, 0.15) is 5.69 Å². The zero-order chi connectivity index (χ0) is 20.8. The maximum Gasteiger partial charge on any atom is 0.269 e. The fourth-order valence-electron chi connectivity index (χ4n) is 3.87. The molecule has 0 saturated carbocycles. The number of benzene rings is 1. The zero-order valence-corrected chi connectivity index (χ0v) is 17.7. The Kier molecular flexibility index (Phi) is 6.94. The molecule has 4 rings (SSSR count). The Balaban J connectivity index is 1.34. The van der Waals surface area contributed by atoms with Crippen molar-refractivity contribution >= 4 is 11.6 Å². The number of anilines is 1. The van der Waals surface area contributed by atoms with E-state index in [1.54, 1.807) is 6.07 Å². The summed E-state index contributed by atoms with van der Waals surface area (Å²) in [7, 11) is 2.16. The van der Waals surface area contributed by atoms with Crippen LogP contribution >= 0.6 is 0 Å². The molecule has 0 aliphatic carbocycles. The Morgan fingerprint density at radius 3 is 2.47 bits per heavy atom. The third-order valence-corrected chi connectivity index (χ3v) is 5.83. The molecule has 2 saturated heterocycles. The van der Waals surface area contributed by atoms with Crippen LogP contribution in [0, 0.1) is 0 Å². The van der Waals surface area contributed by atoms with Crippen LogP contribution < -0.4 is 10.2 Å². The van der Waals surface area contributed by atoms with E-state index in [0.29, 0.717) is 12.2 Å². The lowest BCUT2D eigenvalue weighted by molar-refractivity contribution is 0.0383. The molecule has 1 N–H and O–H groups in total. The normalized spacial score (nSPS) is 18.4. The van der Waals surface area contributed by atoms with Gasteiger partial charge in [-0.3, -0.25) is 9.69 Å². The highest BCUT2D eigenvalue weighted by Crippen LogP contribution is 2.23. The number of morpholine rings is 1. The number of aromatic nitrogens is 1. The first-order chi connectivity index (χ1) is 14.7. The number of nitrogens with zero attached hydrogens (tertiary/aromatic N) is 4. The maximum absolute atomic E-state index is 12.5. The van der Waals surface area contributed by atoms with Crippen molar-refractivity contribution in [1.82, 2.24) is 20.1 Å². The largest absolute Gasteiger partial charge is 0.379 e. The number of piperazine rings is 1. The molecule has 1 aromatic carbocycles. The van der Waals surface area contributed by atoms with Crippen molar-refractivity contribution in [3.8, 4) is 11.3 Å². The van der Waals surface area contributed by atoms with Crippen molar-refractivity contribution in [2.24, 2.45) is 0 Å².